The van der Waals surface area contributed by atoms with Gasteiger partial charge in [-0.25, -0.2) is 0 Å². The first kappa shape index (κ1) is 30.2. The van der Waals surface area contributed by atoms with Crippen LogP contribution >= 0.6 is 0 Å². The van der Waals surface area contributed by atoms with Gasteiger partial charge >= 0.3 is 0 Å². The van der Waals surface area contributed by atoms with Crippen molar-refractivity contribution in [1.82, 2.24) is 4.57 Å². The fourth-order valence-electron chi connectivity index (χ4n) is 7.01. The van der Waals surface area contributed by atoms with Crippen molar-refractivity contribution in [1.29, 1.82) is 0 Å². The highest BCUT2D eigenvalue weighted by Crippen LogP contribution is 2.39. The molecule has 0 atom stereocenters. The van der Waals surface area contributed by atoms with Crippen molar-refractivity contribution in [2.75, 3.05) is 0 Å². The maximum Gasteiger partial charge on any atom is 0.0619 e. The second kappa shape index (κ2) is 13.1. The number of hydrogen-bond acceptors (Lipinski definition) is 0. The third kappa shape index (κ3) is 5.81. The van der Waals surface area contributed by atoms with Crippen molar-refractivity contribution in [2.24, 2.45) is 0 Å². The van der Waals surface area contributed by atoms with E-state index in [4.69, 9.17) is 0 Å². The zero-order valence-corrected chi connectivity index (χ0v) is 27.7. The Hall–Kier alpha value is -6.18. The molecule has 0 amide bonds. The lowest BCUT2D eigenvalue weighted by atomic mass is 9.97. The van der Waals surface area contributed by atoms with Gasteiger partial charge in [-0.3, -0.25) is 0 Å². The lowest BCUT2D eigenvalue weighted by Gasteiger charge is -2.12. The maximum atomic E-state index is 3.80. The Balaban J connectivity index is 1.26. The van der Waals surface area contributed by atoms with Gasteiger partial charge in [0.2, 0.25) is 0 Å². The van der Waals surface area contributed by atoms with Crippen molar-refractivity contribution in [2.45, 2.75) is 13.3 Å². The van der Waals surface area contributed by atoms with Crippen LogP contribution in [0.4, 0.5) is 0 Å². The minimum absolute atomic E-state index is 0.895. The second-order valence-electron chi connectivity index (χ2n) is 12.6. The standard InChI is InChI=1S/C48H37N/c1-3-5-8-12-34-16-19-36(20-17-34)38-24-27-44-41(31-38)26-29-46-45-28-25-40(33-47(45)49(48(44)46)43-14-10-7-11-15-43)39-23-22-37-21-18-35(13-9-6-4-2)30-42(37)32-39/h3-12,14-33H,2,13H2,1H3/b5-3-,9-6-,12-8-. The Labute approximate surface area is 288 Å². The molecule has 8 aromatic rings. The lowest BCUT2D eigenvalue weighted by molar-refractivity contribution is 1.19. The second-order valence-corrected chi connectivity index (χ2v) is 12.6. The van der Waals surface area contributed by atoms with Gasteiger partial charge in [0.15, 0.2) is 0 Å². The summed E-state index contributed by atoms with van der Waals surface area (Å²) in [5.74, 6) is 0. The summed E-state index contributed by atoms with van der Waals surface area (Å²) >= 11 is 0. The van der Waals surface area contributed by atoms with E-state index in [1.54, 1.807) is 0 Å². The number of allylic oxidation sites excluding steroid dienone is 6. The van der Waals surface area contributed by atoms with Crippen molar-refractivity contribution in [3.63, 3.8) is 0 Å². The summed E-state index contributed by atoms with van der Waals surface area (Å²) in [5.41, 5.74) is 11.0. The van der Waals surface area contributed by atoms with Crippen LogP contribution in [-0.4, -0.2) is 4.57 Å². The molecule has 8 rings (SSSR count). The molecule has 0 bridgehead atoms. The molecule has 0 saturated heterocycles. The summed E-state index contributed by atoms with van der Waals surface area (Å²) in [6.45, 7) is 5.83. The van der Waals surface area contributed by atoms with E-state index in [1.165, 1.54) is 76.7 Å². The van der Waals surface area contributed by atoms with E-state index in [2.05, 4.69) is 175 Å². The molecule has 1 nitrogen and oxygen atoms in total. The van der Waals surface area contributed by atoms with Gasteiger partial charge < -0.3 is 4.57 Å². The topological polar surface area (TPSA) is 4.93 Å². The average Bonchev–Trinajstić information content (AvgIpc) is 3.49. The van der Waals surface area contributed by atoms with Crippen LogP contribution in [0.15, 0.2) is 183 Å². The highest BCUT2D eigenvalue weighted by Gasteiger charge is 2.16. The molecule has 0 radical (unpaired) electrons. The SMILES string of the molecule is C=C/C=C\Cc1ccc2ccc(-c3ccc4c5ccc6cc(-c7ccc(/C=C\C=C/C)cc7)ccc6c5n(-c5ccccc5)c4c3)cc2c1. The molecule has 0 aliphatic heterocycles. The zero-order chi connectivity index (χ0) is 33.2. The highest BCUT2D eigenvalue weighted by molar-refractivity contribution is 6.19. The molecular formula is C48H37N. The first-order valence-corrected chi connectivity index (χ1v) is 17.0. The van der Waals surface area contributed by atoms with Gasteiger partial charge in [-0.05, 0) is 93.2 Å². The maximum absolute atomic E-state index is 3.80. The van der Waals surface area contributed by atoms with Gasteiger partial charge in [0.05, 0.1) is 11.0 Å². The molecular weight excluding hydrogens is 591 g/mol. The largest absolute Gasteiger partial charge is 0.309 e. The van der Waals surface area contributed by atoms with Crippen LogP contribution in [0.2, 0.25) is 0 Å². The van der Waals surface area contributed by atoms with E-state index < -0.39 is 0 Å². The predicted octanol–water partition coefficient (Wildman–Crippen LogP) is 13.3. The number of nitrogens with zero attached hydrogens (tertiary/aromatic N) is 1. The van der Waals surface area contributed by atoms with Crippen LogP contribution in [0.5, 0.6) is 0 Å². The number of fused-ring (bicyclic) bond motifs is 6. The Morgan fingerprint density at radius 3 is 2.04 bits per heavy atom. The third-order valence-corrected chi connectivity index (χ3v) is 9.46. The van der Waals surface area contributed by atoms with Gasteiger partial charge in [0, 0.05) is 21.8 Å². The monoisotopic (exact) mass is 627 g/mol. The molecule has 0 spiro atoms. The fraction of sp³-hybridized carbons (Fsp3) is 0.0417. The molecule has 0 unspecified atom stereocenters. The fourth-order valence-corrected chi connectivity index (χ4v) is 7.01. The Morgan fingerprint density at radius 2 is 1.22 bits per heavy atom. The van der Waals surface area contributed by atoms with Crippen LogP contribution in [0.1, 0.15) is 18.1 Å². The minimum atomic E-state index is 0.895. The number of para-hydroxylation sites is 1. The summed E-state index contributed by atoms with van der Waals surface area (Å²) < 4.78 is 2.45. The molecule has 1 heterocycles. The minimum Gasteiger partial charge on any atom is -0.309 e. The lowest BCUT2D eigenvalue weighted by Crippen LogP contribution is -1.94. The first-order chi connectivity index (χ1) is 24.2. The van der Waals surface area contributed by atoms with Gasteiger partial charge in [0.1, 0.15) is 0 Å². The number of hydrogen-bond donors (Lipinski definition) is 0. The Bertz CT molecular complexity index is 2570. The third-order valence-electron chi connectivity index (χ3n) is 9.46. The van der Waals surface area contributed by atoms with E-state index in [9.17, 15) is 0 Å². The molecule has 7 aromatic carbocycles. The van der Waals surface area contributed by atoms with Crippen molar-refractivity contribution >= 4 is 49.4 Å². The summed E-state index contributed by atoms with van der Waals surface area (Å²) in [6, 6.07) is 51.6. The smallest absolute Gasteiger partial charge is 0.0619 e. The number of benzene rings is 7. The van der Waals surface area contributed by atoms with E-state index in [-0.39, 0.29) is 0 Å². The highest BCUT2D eigenvalue weighted by atomic mass is 15.0. The molecule has 0 fully saturated rings. The van der Waals surface area contributed by atoms with Crippen molar-refractivity contribution in [3.8, 4) is 27.9 Å². The molecule has 0 aliphatic rings. The van der Waals surface area contributed by atoms with E-state index in [0.29, 0.717) is 0 Å². The number of aromatic nitrogens is 1. The van der Waals surface area contributed by atoms with Gasteiger partial charge in [0.25, 0.3) is 0 Å². The quantitative estimate of drug-likeness (QED) is 0.148. The van der Waals surface area contributed by atoms with Crippen molar-refractivity contribution < 1.29 is 0 Å². The Kier molecular flexibility index (Phi) is 8.09. The molecule has 0 saturated carbocycles. The zero-order valence-electron chi connectivity index (χ0n) is 27.7. The summed E-state index contributed by atoms with van der Waals surface area (Å²) in [7, 11) is 0. The van der Waals surface area contributed by atoms with E-state index in [0.717, 1.165) is 12.1 Å². The summed E-state index contributed by atoms with van der Waals surface area (Å²) in [4.78, 5) is 0. The first-order valence-electron chi connectivity index (χ1n) is 17.0. The van der Waals surface area contributed by atoms with Crippen LogP contribution in [0, 0.1) is 0 Å². The van der Waals surface area contributed by atoms with E-state index >= 15 is 0 Å². The van der Waals surface area contributed by atoms with Gasteiger partial charge in [-0.2, -0.15) is 0 Å². The van der Waals surface area contributed by atoms with Crippen molar-refractivity contribution in [3.05, 3.63) is 194 Å². The summed E-state index contributed by atoms with van der Waals surface area (Å²) in [5, 5.41) is 7.51. The molecule has 1 heteroatoms. The van der Waals surface area contributed by atoms with Crippen LogP contribution in [0.3, 0.4) is 0 Å². The van der Waals surface area contributed by atoms with E-state index in [1.807, 2.05) is 25.2 Å². The van der Waals surface area contributed by atoms with Gasteiger partial charge in [-0.1, -0.05) is 158 Å². The number of rotatable bonds is 8. The summed E-state index contributed by atoms with van der Waals surface area (Å²) in [6.07, 6.45) is 15.2. The van der Waals surface area contributed by atoms with Crippen LogP contribution in [0.25, 0.3) is 77.4 Å². The molecule has 0 aliphatic carbocycles. The van der Waals surface area contributed by atoms with Gasteiger partial charge in [-0.15, -0.1) is 0 Å². The van der Waals surface area contributed by atoms with Crippen LogP contribution < -0.4 is 0 Å². The molecule has 1 aromatic heterocycles. The average molecular weight is 628 g/mol. The molecule has 49 heavy (non-hydrogen) atoms. The molecule has 0 N–H and O–H groups in total. The molecule has 234 valence electrons. The predicted molar refractivity (Wildman–Crippen MR) is 214 cm³/mol. The van der Waals surface area contributed by atoms with Crippen LogP contribution in [-0.2, 0) is 6.42 Å². The Morgan fingerprint density at radius 1 is 0.551 bits per heavy atom. The normalized spacial score (nSPS) is 12.1.